The molecule has 1 aliphatic heterocycles. The van der Waals surface area contributed by atoms with Crippen LogP contribution in [0.4, 0.5) is 5.13 Å². The highest BCUT2D eigenvalue weighted by Gasteiger charge is 2.42. The van der Waals surface area contributed by atoms with Crippen LogP contribution in [-0.2, 0) is 4.79 Å². The number of amides is 2. The quantitative estimate of drug-likeness (QED) is 0.489. The van der Waals surface area contributed by atoms with Crippen molar-refractivity contribution >= 4 is 38.5 Å². The minimum absolute atomic E-state index is 0.106. The third kappa shape index (κ3) is 3.40. The number of ether oxygens (including phenoxy) is 1. The van der Waals surface area contributed by atoms with Gasteiger partial charge in [0.25, 0.3) is 5.91 Å². The van der Waals surface area contributed by atoms with Crippen molar-refractivity contribution in [3.8, 4) is 5.75 Å². The van der Waals surface area contributed by atoms with E-state index in [0.29, 0.717) is 10.7 Å². The standard InChI is InChI=1S/C25H21N3O3S/c1-28-22(15-11-13-16(31-2)14-12-15)21(17-7-3-4-8-18(17)24(28)30)23(29)27-25-26-19-9-5-6-10-20(19)32-25/h3-14,21-22H,1-2H3,(H,26,27,29)/t21-,22-/m0/s1. The number of fused-ring (bicyclic) bond motifs is 2. The molecule has 5 rings (SSSR count). The van der Waals surface area contributed by atoms with E-state index in [1.807, 2.05) is 66.7 Å². The first kappa shape index (κ1) is 20.2. The summed E-state index contributed by atoms with van der Waals surface area (Å²) in [6, 6.07) is 22.1. The first-order valence-corrected chi connectivity index (χ1v) is 11.0. The lowest BCUT2D eigenvalue weighted by atomic mass is 9.79. The molecule has 1 aromatic heterocycles. The van der Waals surface area contributed by atoms with Gasteiger partial charge in [0.15, 0.2) is 5.13 Å². The fourth-order valence-corrected chi connectivity index (χ4v) is 5.15. The molecule has 32 heavy (non-hydrogen) atoms. The summed E-state index contributed by atoms with van der Waals surface area (Å²) in [6.07, 6.45) is 0. The number of nitrogens with zero attached hydrogens (tertiary/aromatic N) is 2. The second-order valence-corrected chi connectivity index (χ2v) is 8.71. The van der Waals surface area contributed by atoms with Gasteiger partial charge >= 0.3 is 0 Å². The Morgan fingerprint density at radius 1 is 1.03 bits per heavy atom. The average molecular weight is 444 g/mol. The lowest BCUT2D eigenvalue weighted by Crippen LogP contribution is -2.44. The van der Waals surface area contributed by atoms with Gasteiger partial charge in [0.2, 0.25) is 5.91 Å². The van der Waals surface area contributed by atoms with Crippen LogP contribution >= 0.6 is 11.3 Å². The topological polar surface area (TPSA) is 71.5 Å². The van der Waals surface area contributed by atoms with Crippen molar-refractivity contribution in [3.63, 3.8) is 0 Å². The summed E-state index contributed by atoms with van der Waals surface area (Å²) in [6.45, 7) is 0. The number of likely N-dealkylation sites (N-methyl/N-ethyl adjacent to an activating group) is 1. The normalized spacial score (nSPS) is 17.8. The molecule has 4 aromatic rings. The Kier molecular flexibility index (Phi) is 5.11. The summed E-state index contributed by atoms with van der Waals surface area (Å²) in [4.78, 5) is 33.0. The highest BCUT2D eigenvalue weighted by Crippen LogP contribution is 2.43. The maximum absolute atomic E-state index is 13.7. The number of anilines is 1. The minimum Gasteiger partial charge on any atom is -0.497 e. The molecule has 0 saturated carbocycles. The van der Waals surface area contributed by atoms with Gasteiger partial charge in [0.05, 0.1) is 29.3 Å². The van der Waals surface area contributed by atoms with Crippen LogP contribution in [0.25, 0.3) is 10.2 Å². The number of para-hydroxylation sites is 1. The first-order valence-electron chi connectivity index (χ1n) is 10.2. The number of rotatable bonds is 4. The zero-order chi connectivity index (χ0) is 22.2. The van der Waals surface area contributed by atoms with Crippen molar-refractivity contribution in [2.24, 2.45) is 0 Å². The van der Waals surface area contributed by atoms with E-state index in [9.17, 15) is 9.59 Å². The third-order valence-corrected chi connectivity index (χ3v) is 6.80. The number of thiazole rings is 1. The molecule has 7 heteroatoms. The van der Waals surface area contributed by atoms with Crippen molar-refractivity contribution < 1.29 is 14.3 Å². The van der Waals surface area contributed by atoms with Crippen molar-refractivity contribution in [2.45, 2.75) is 12.0 Å². The predicted octanol–water partition coefficient (Wildman–Crippen LogP) is 4.85. The summed E-state index contributed by atoms with van der Waals surface area (Å²) in [7, 11) is 3.35. The molecule has 1 N–H and O–H groups in total. The molecule has 0 fully saturated rings. The largest absolute Gasteiger partial charge is 0.497 e. The van der Waals surface area contributed by atoms with Crippen molar-refractivity contribution in [1.29, 1.82) is 0 Å². The monoisotopic (exact) mass is 443 g/mol. The molecule has 0 unspecified atom stereocenters. The van der Waals surface area contributed by atoms with Gasteiger partial charge < -0.3 is 15.0 Å². The average Bonchev–Trinajstić information content (AvgIpc) is 3.23. The summed E-state index contributed by atoms with van der Waals surface area (Å²) in [5.74, 6) is -0.175. The Labute approximate surface area is 189 Å². The Balaban J connectivity index is 1.57. The fraction of sp³-hybridized carbons (Fsp3) is 0.160. The second kappa shape index (κ2) is 8.09. The number of nitrogens with one attached hydrogen (secondary N) is 1. The van der Waals surface area contributed by atoms with E-state index in [-0.39, 0.29) is 11.8 Å². The Hall–Kier alpha value is -3.71. The van der Waals surface area contributed by atoms with E-state index >= 15 is 0 Å². The van der Waals surface area contributed by atoms with E-state index in [4.69, 9.17) is 4.74 Å². The molecule has 160 valence electrons. The van der Waals surface area contributed by atoms with Gasteiger partial charge in [-0.2, -0.15) is 0 Å². The van der Waals surface area contributed by atoms with E-state index in [0.717, 1.165) is 27.1 Å². The summed E-state index contributed by atoms with van der Waals surface area (Å²) in [5, 5.41) is 3.55. The van der Waals surface area contributed by atoms with Crippen LogP contribution in [0.5, 0.6) is 5.75 Å². The molecule has 0 bridgehead atoms. The zero-order valence-electron chi connectivity index (χ0n) is 17.6. The van der Waals surface area contributed by atoms with Crippen LogP contribution in [0.2, 0.25) is 0 Å². The number of aromatic nitrogens is 1. The third-order valence-electron chi connectivity index (χ3n) is 5.84. The van der Waals surface area contributed by atoms with Crippen LogP contribution in [0, 0.1) is 0 Å². The number of carbonyl (C=O) groups excluding carboxylic acids is 2. The number of hydrogen-bond donors (Lipinski definition) is 1. The van der Waals surface area contributed by atoms with Crippen molar-refractivity contribution in [3.05, 3.63) is 89.5 Å². The molecule has 2 heterocycles. The maximum atomic E-state index is 13.7. The van der Waals surface area contributed by atoms with Gasteiger partial charge in [0.1, 0.15) is 5.75 Å². The molecule has 0 saturated heterocycles. The van der Waals surface area contributed by atoms with Crippen molar-refractivity contribution in [1.82, 2.24) is 9.88 Å². The summed E-state index contributed by atoms with van der Waals surface area (Å²) < 4.78 is 6.28. The van der Waals surface area contributed by atoms with E-state index in [1.165, 1.54) is 11.3 Å². The number of benzene rings is 3. The molecule has 2 amide bonds. The predicted molar refractivity (Wildman–Crippen MR) is 125 cm³/mol. The molecule has 6 nitrogen and oxygen atoms in total. The molecule has 3 aromatic carbocycles. The Morgan fingerprint density at radius 2 is 1.75 bits per heavy atom. The molecule has 0 spiro atoms. The lowest BCUT2D eigenvalue weighted by molar-refractivity contribution is -0.119. The molecule has 0 aliphatic carbocycles. The Morgan fingerprint density at radius 3 is 2.50 bits per heavy atom. The number of hydrogen-bond acceptors (Lipinski definition) is 5. The van der Waals surface area contributed by atoms with Crippen LogP contribution in [0.3, 0.4) is 0 Å². The van der Waals surface area contributed by atoms with Gasteiger partial charge in [0, 0.05) is 12.6 Å². The van der Waals surface area contributed by atoms with E-state index in [1.54, 1.807) is 25.1 Å². The summed E-state index contributed by atoms with van der Waals surface area (Å²) in [5.41, 5.74) is 2.97. The van der Waals surface area contributed by atoms with Crippen LogP contribution in [0.15, 0.2) is 72.8 Å². The molecular weight excluding hydrogens is 422 g/mol. The van der Waals surface area contributed by atoms with Gasteiger partial charge in [-0.15, -0.1) is 0 Å². The molecule has 1 aliphatic rings. The maximum Gasteiger partial charge on any atom is 0.254 e. The SMILES string of the molecule is COc1ccc([C@H]2[C@@H](C(=O)Nc3nc4ccccc4s3)c3ccccc3C(=O)N2C)cc1. The first-order chi connectivity index (χ1) is 15.6. The number of carbonyl (C=O) groups is 2. The lowest BCUT2D eigenvalue weighted by Gasteiger charge is -2.39. The second-order valence-electron chi connectivity index (χ2n) is 7.67. The van der Waals surface area contributed by atoms with Crippen molar-refractivity contribution in [2.75, 3.05) is 19.5 Å². The molecular formula is C25H21N3O3S. The summed E-state index contributed by atoms with van der Waals surface area (Å²) >= 11 is 1.43. The Bertz CT molecular complexity index is 1280. The molecule has 0 radical (unpaired) electrons. The fourth-order valence-electron chi connectivity index (χ4n) is 4.28. The smallest absolute Gasteiger partial charge is 0.254 e. The van der Waals surface area contributed by atoms with E-state index in [2.05, 4.69) is 10.3 Å². The number of methoxy groups -OCH3 is 1. The minimum atomic E-state index is -0.589. The van der Waals surface area contributed by atoms with Gasteiger partial charge in [-0.25, -0.2) is 4.98 Å². The molecule has 2 atom stereocenters. The van der Waals surface area contributed by atoms with Crippen LogP contribution < -0.4 is 10.1 Å². The highest BCUT2D eigenvalue weighted by molar-refractivity contribution is 7.22. The van der Waals surface area contributed by atoms with Crippen LogP contribution in [0.1, 0.15) is 33.4 Å². The van der Waals surface area contributed by atoms with Gasteiger partial charge in [-0.3, -0.25) is 9.59 Å². The highest BCUT2D eigenvalue weighted by atomic mass is 32.1. The van der Waals surface area contributed by atoms with E-state index < -0.39 is 12.0 Å². The van der Waals surface area contributed by atoms with Crippen LogP contribution in [-0.4, -0.2) is 35.9 Å². The van der Waals surface area contributed by atoms with Gasteiger partial charge in [-0.1, -0.05) is 53.8 Å². The van der Waals surface area contributed by atoms with Gasteiger partial charge in [-0.05, 0) is 41.5 Å². The zero-order valence-corrected chi connectivity index (χ0v) is 18.4.